The standard InChI is InChI=1S/C14H14ClFN2O2/c1-19-13-6-11(17)12(7-14(13)20-2)18-8-3-4-10(16)9(15)5-8/h3-7,18H,17H2,1-2H3. The van der Waals surface area contributed by atoms with Crippen LogP contribution in [0.3, 0.4) is 0 Å². The van der Waals surface area contributed by atoms with Crippen LogP contribution in [0.15, 0.2) is 30.3 Å². The van der Waals surface area contributed by atoms with Crippen LogP contribution in [0.1, 0.15) is 0 Å². The number of hydrogen-bond acceptors (Lipinski definition) is 4. The lowest BCUT2D eigenvalue weighted by Gasteiger charge is -2.14. The highest BCUT2D eigenvalue weighted by Crippen LogP contribution is 2.36. The molecule has 0 saturated heterocycles. The molecule has 2 aromatic carbocycles. The molecular weight excluding hydrogens is 283 g/mol. The molecule has 3 N–H and O–H groups in total. The van der Waals surface area contributed by atoms with E-state index in [2.05, 4.69) is 5.32 Å². The first-order valence-electron chi connectivity index (χ1n) is 5.78. The fraction of sp³-hybridized carbons (Fsp3) is 0.143. The second kappa shape index (κ2) is 5.88. The number of methoxy groups -OCH3 is 2. The average Bonchev–Trinajstić information content (AvgIpc) is 2.44. The van der Waals surface area contributed by atoms with Crippen LogP contribution in [0, 0.1) is 5.82 Å². The molecule has 6 heteroatoms. The van der Waals surface area contributed by atoms with Crippen molar-refractivity contribution in [3.8, 4) is 11.5 Å². The van der Waals surface area contributed by atoms with E-state index in [1.54, 1.807) is 18.2 Å². The van der Waals surface area contributed by atoms with Crippen molar-refractivity contribution < 1.29 is 13.9 Å². The van der Waals surface area contributed by atoms with Crippen molar-refractivity contribution in [2.45, 2.75) is 0 Å². The molecule has 0 aliphatic rings. The van der Waals surface area contributed by atoms with Crippen molar-refractivity contribution in [1.29, 1.82) is 0 Å². The third-order valence-electron chi connectivity index (χ3n) is 2.75. The molecule has 2 rings (SSSR count). The van der Waals surface area contributed by atoms with E-state index >= 15 is 0 Å². The van der Waals surface area contributed by atoms with Crippen LogP contribution >= 0.6 is 11.6 Å². The zero-order valence-corrected chi connectivity index (χ0v) is 11.8. The summed E-state index contributed by atoms with van der Waals surface area (Å²) in [6, 6.07) is 7.67. The maximum Gasteiger partial charge on any atom is 0.162 e. The van der Waals surface area contributed by atoms with Gasteiger partial charge >= 0.3 is 0 Å². The van der Waals surface area contributed by atoms with Crippen molar-refractivity contribution >= 4 is 28.7 Å². The van der Waals surface area contributed by atoms with Crippen LogP contribution in [0.5, 0.6) is 11.5 Å². The largest absolute Gasteiger partial charge is 0.493 e. The van der Waals surface area contributed by atoms with E-state index in [0.717, 1.165) is 0 Å². The number of hydrogen-bond donors (Lipinski definition) is 2. The highest BCUT2D eigenvalue weighted by molar-refractivity contribution is 6.31. The van der Waals surface area contributed by atoms with Crippen LogP contribution in [0.2, 0.25) is 5.02 Å². The van der Waals surface area contributed by atoms with Crippen molar-refractivity contribution in [2.24, 2.45) is 0 Å². The van der Waals surface area contributed by atoms with Gasteiger partial charge in [0.05, 0.1) is 30.6 Å². The van der Waals surface area contributed by atoms with Crippen LogP contribution < -0.4 is 20.5 Å². The second-order valence-corrected chi connectivity index (χ2v) is 4.46. The SMILES string of the molecule is COc1cc(N)c(Nc2ccc(F)c(Cl)c2)cc1OC. The zero-order chi connectivity index (χ0) is 14.7. The van der Waals surface area contributed by atoms with Crippen LogP contribution in [-0.4, -0.2) is 14.2 Å². The van der Waals surface area contributed by atoms with Gasteiger partial charge in [-0.2, -0.15) is 0 Å². The number of halogens is 2. The molecule has 0 amide bonds. The molecular formula is C14H14ClFN2O2. The molecule has 0 aromatic heterocycles. The molecule has 2 aromatic rings. The Morgan fingerprint density at radius 3 is 2.35 bits per heavy atom. The Hall–Kier alpha value is -2.14. The lowest BCUT2D eigenvalue weighted by Crippen LogP contribution is -1.99. The smallest absolute Gasteiger partial charge is 0.162 e. The maximum atomic E-state index is 13.1. The van der Waals surface area contributed by atoms with E-state index in [0.29, 0.717) is 28.6 Å². The predicted molar refractivity (Wildman–Crippen MR) is 78.7 cm³/mol. The third-order valence-corrected chi connectivity index (χ3v) is 3.04. The normalized spacial score (nSPS) is 10.2. The summed E-state index contributed by atoms with van der Waals surface area (Å²) in [4.78, 5) is 0. The molecule has 0 heterocycles. The van der Waals surface area contributed by atoms with Gasteiger partial charge in [0.2, 0.25) is 0 Å². The molecule has 20 heavy (non-hydrogen) atoms. The Kier molecular flexibility index (Phi) is 4.20. The Labute approximate surface area is 121 Å². The van der Waals surface area contributed by atoms with E-state index < -0.39 is 5.82 Å². The minimum Gasteiger partial charge on any atom is -0.493 e. The fourth-order valence-corrected chi connectivity index (χ4v) is 1.91. The third kappa shape index (κ3) is 2.88. The number of ether oxygens (including phenoxy) is 2. The number of nitrogen functional groups attached to an aromatic ring is 1. The van der Waals surface area contributed by atoms with E-state index in [4.69, 9.17) is 26.8 Å². The predicted octanol–water partition coefficient (Wildman–Crippen LogP) is 3.82. The van der Waals surface area contributed by atoms with Gasteiger partial charge in [0.1, 0.15) is 5.82 Å². The topological polar surface area (TPSA) is 56.5 Å². The minimum atomic E-state index is -0.475. The highest BCUT2D eigenvalue weighted by Gasteiger charge is 2.10. The quantitative estimate of drug-likeness (QED) is 0.842. The van der Waals surface area contributed by atoms with Gasteiger partial charge in [0.15, 0.2) is 11.5 Å². The lowest BCUT2D eigenvalue weighted by atomic mass is 10.2. The van der Waals surface area contributed by atoms with Gasteiger partial charge in [0, 0.05) is 17.8 Å². The summed E-state index contributed by atoms with van der Waals surface area (Å²) >= 11 is 5.74. The summed E-state index contributed by atoms with van der Waals surface area (Å²) in [5.41, 5.74) is 7.64. The minimum absolute atomic E-state index is 0.0362. The van der Waals surface area contributed by atoms with E-state index in [-0.39, 0.29) is 5.02 Å². The van der Waals surface area contributed by atoms with Crippen molar-refractivity contribution in [3.63, 3.8) is 0 Å². The maximum absolute atomic E-state index is 13.1. The Morgan fingerprint density at radius 1 is 1.10 bits per heavy atom. The monoisotopic (exact) mass is 296 g/mol. The summed E-state index contributed by atoms with van der Waals surface area (Å²) in [6.45, 7) is 0. The first kappa shape index (κ1) is 14.3. The van der Waals surface area contributed by atoms with E-state index in [9.17, 15) is 4.39 Å². The summed E-state index contributed by atoms with van der Waals surface area (Å²) in [5.74, 6) is 0.600. The van der Waals surface area contributed by atoms with Gasteiger partial charge in [-0.15, -0.1) is 0 Å². The van der Waals surface area contributed by atoms with Gasteiger partial charge in [-0.25, -0.2) is 4.39 Å². The van der Waals surface area contributed by atoms with E-state index in [1.165, 1.54) is 26.4 Å². The van der Waals surface area contributed by atoms with Crippen molar-refractivity contribution in [1.82, 2.24) is 0 Å². The molecule has 4 nitrogen and oxygen atoms in total. The number of anilines is 3. The number of benzene rings is 2. The summed E-state index contributed by atoms with van der Waals surface area (Å²) < 4.78 is 23.5. The first-order valence-corrected chi connectivity index (χ1v) is 6.16. The summed E-state index contributed by atoms with van der Waals surface area (Å²) in [6.07, 6.45) is 0. The zero-order valence-electron chi connectivity index (χ0n) is 11.0. The van der Waals surface area contributed by atoms with Gasteiger partial charge in [0.25, 0.3) is 0 Å². The van der Waals surface area contributed by atoms with Crippen LogP contribution in [0.25, 0.3) is 0 Å². The van der Waals surface area contributed by atoms with Gasteiger partial charge < -0.3 is 20.5 Å². The van der Waals surface area contributed by atoms with Crippen molar-refractivity contribution in [3.05, 3.63) is 41.2 Å². The Balaban J connectivity index is 2.35. The molecule has 0 spiro atoms. The molecule has 0 unspecified atom stereocenters. The van der Waals surface area contributed by atoms with Gasteiger partial charge in [-0.3, -0.25) is 0 Å². The molecule has 0 aliphatic heterocycles. The Morgan fingerprint density at radius 2 is 1.75 bits per heavy atom. The number of nitrogens with one attached hydrogen (secondary N) is 1. The molecule has 0 radical (unpaired) electrons. The first-order chi connectivity index (χ1) is 9.55. The number of nitrogens with two attached hydrogens (primary N) is 1. The average molecular weight is 297 g/mol. The van der Waals surface area contributed by atoms with Gasteiger partial charge in [-0.1, -0.05) is 11.6 Å². The lowest BCUT2D eigenvalue weighted by molar-refractivity contribution is 0.355. The second-order valence-electron chi connectivity index (χ2n) is 4.05. The van der Waals surface area contributed by atoms with Crippen LogP contribution in [0.4, 0.5) is 21.5 Å². The molecule has 0 aliphatic carbocycles. The molecule has 0 atom stereocenters. The highest BCUT2D eigenvalue weighted by atomic mass is 35.5. The molecule has 0 bridgehead atoms. The van der Waals surface area contributed by atoms with Crippen molar-refractivity contribution in [2.75, 3.05) is 25.3 Å². The Bertz CT molecular complexity index is 635. The summed E-state index contributed by atoms with van der Waals surface area (Å²) in [5, 5.41) is 3.09. The van der Waals surface area contributed by atoms with E-state index in [1.807, 2.05) is 0 Å². The van der Waals surface area contributed by atoms with Crippen LogP contribution in [-0.2, 0) is 0 Å². The summed E-state index contributed by atoms with van der Waals surface area (Å²) in [7, 11) is 3.07. The fourth-order valence-electron chi connectivity index (χ4n) is 1.73. The van der Waals surface area contributed by atoms with Gasteiger partial charge in [-0.05, 0) is 18.2 Å². The number of rotatable bonds is 4. The molecule has 0 fully saturated rings. The molecule has 0 saturated carbocycles. The molecule has 106 valence electrons.